The Bertz CT molecular complexity index is 445. The van der Waals surface area contributed by atoms with Crippen LogP contribution in [0.2, 0.25) is 0 Å². The number of phenols is 1. The van der Waals surface area contributed by atoms with Crippen molar-refractivity contribution < 1.29 is 14.6 Å². The molecule has 2 aromatic rings. The Morgan fingerprint density at radius 3 is 2.93 bits per heavy atom. The van der Waals surface area contributed by atoms with Gasteiger partial charge in [0.25, 0.3) is 0 Å². The van der Waals surface area contributed by atoms with Crippen molar-refractivity contribution in [1.82, 2.24) is 0 Å². The molecule has 3 heteroatoms. The third kappa shape index (κ3) is 1.26. The molecular formula is C11H12O3. The molecule has 14 heavy (non-hydrogen) atoms. The lowest BCUT2D eigenvalue weighted by molar-refractivity contribution is 0.273. The molecule has 0 amide bonds. The van der Waals surface area contributed by atoms with E-state index in [0.29, 0.717) is 5.58 Å². The van der Waals surface area contributed by atoms with Gasteiger partial charge < -0.3 is 14.6 Å². The zero-order chi connectivity index (χ0) is 10.1. The molecule has 0 aliphatic rings. The molecule has 0 aliphatic carbocycles. The van der Waals surface area contributed by atoms with Gasteiger partial charge in [-0.2, -0.15) is 0 Å². The highest BCUT2D eigenvalue weighted by Gasteiger charge is 2.13. The molecule has 2 N–H and O–H groups in total. The molecule has 0 saturated heterocycles. The lowest BCUT2D eigenvalue weighted by atomic mass is 10.0. The molecule has 1 atom stereocenters. The molecular weight excluding hydrogens is 180 g/mol. The van der Waals surface area contributed by atoms with E-state index in [9.17, 15) is 5.11 Å². The standard InChI is InChI=1S/C11H12O3/c1-7(5-12)9-6-14-11-8(9)3-2-4-10(11)13/h2-4,6-7,12-13H,5H2,1H3. The number of hydrogen-bond donors (Lipinski definition) is 2. The van der Waals surface area contributed by atoms with E-state index in [-0.39, 0.29) is 18.3 Å². The predicted molar refractivity (Wildman–Crippen MR) is 53.4 cm³/mol. The van der Waals surface area contributed by atoms with Gasteiger partial charge in [-0.25, -0.2) is 0 Å². The topological polar surface area (TPSA) is 53.6 Å². The lowest BCUT2D eigenvalue weighted by Crippen LogP contribution is -1.96. The number of para-hydroxylation sites is 1. The van der Waals surface area contributed by atoms with Crippen molar-refractivity contribution in [2.45, 2.75) is 12.8 Å². The second-order valence-corrected chi connectivity index (χ2v) is 3.43. The van der Waals surface area contributed by atoms with Crippen molar-refractivity contribution >= 4 is 11.0 Å². The van der Waals surface area contributed by atoms with E-state index in [1.807, 2.05) is 13.0 Å². The van der Waals surface area contributed by atoms with Gasteiger partial charge in [-0.05, 0) is 6.07 Å². The first kappa shape index (κ1) is 9.09. The number of aliphatic hydroxyl groups is 1. The maximum Gasteiger partial charge on any atom is 0.175 e. The summed E-state index contributed by atoms with van der Waals surface area (Å²) in [5.41, 5.74) is 1.42. The van der Waals surface area contributed by atoms with Gasteiger partial charge in [-0.15, -0.1) is 0 Å². The van der Waals surface area contributed by atoms with E-state index in [1.165, 1.54) is 0 Å². The number of furan rings is 1. The summed E-state index contributed by atoms with van der Waals surface area (Å²) in [4.78, 5) is 0. The minimum absolute atomic E-state index is 0.0260. The fourth-order valence-electron chi connectivity index (χ4n) is 1.54. The van der Waals surface area contributed by atoms with Crippen molar-refractivity contribution in [2.75, 3.05) is 6.61 Å². The summed E-state index contributed by atoms with van der Waals surface area (Å²) in [6, 6.07) is 5.22. The van der Waals surface area contributed by atoms with Crippen LogP contribution < -0.4 is 0 Å². The molecule has 0 spiro atoms. The lowest BCUT2D eigenvalue weighted by Gasteiger charge is -2.04. The molecule has 0 bridgehead atoms. The second-order valence-electron chi connectivity index (χ2n) is 3.43. The van der Waals surface area contributed by atoms with Crippen LogP contribution in [-0.2, 0) is 0 Å². The summed E-state index contributed by atoms with van der Waals surface area (Å²) < 4.78 is 5.24. The van der Waals surface area contributed by atoms with E-state index >= 15 is 0 Å². The van der Waals surface area contributed by atoms with Gasteiger partial charge in [0.15, 0.2) is 11.3 Å². The number of aromatic hydroxyl groups is 1. The van der Waals surface area contributed by atoms with Crippen molar-refractivity contribution in [2.24, 2.45) is 0 Å². The Balaban J connectivity index is 2.63. The first-order chi connectivity index (χ1) is 6.74. The quantitative estimate of drug-likeness (QED) is 0.767. The fraction of sp³-hybridized carbons (Fsp3) is 0.273. The SMILES string of the molecule is CC(CO)c1coc2c(O)cccc12. The van der Waals surface area contributed by atoms with Crippen LogP contribution in [0.1, 0.15) is 18.4 Å². The van der Waals surface area contributed by atoms with Crippen LogP contribution >= 0.6 is 0 Å². The first-order valence-electron chi connectivity index (χ1n) is 4.54. The molecule has 3 nitrogen and oxygen atoms in total. The molecule has 0 saturated carbocycles. The number of hydrogen-bond acceptors (Lipinski definition) is 3. The highest BCUT2D eigenvalue weighted by Crippen LogP contribution is 2.32. The third-order valence-corrected chi connectivity index (χ3v) is 2.41. The van der Waals surface area contributed by atoms with Gasteiger partial charge in [-0.1, -0.05) is 19.1 Å². The van der Waals surface area contributed by atoms with Gasteiger partial charge in [-0.3, -0.25) is 0 Å². The van der Waals surface area contributed by atoms with Crippen LogP contribution in [0.4, 0.5) is 0 Å². The Hall–Kier alpha value is -1.48. The normalized spacial score (nSPS) is 13.3. The number of benzene rings is 1. The van der Waals surface area contributed by atoms with Crippen LogP contribution in [0.5, 0.6) is 5.75 Å². The molecule has 0 fully saturated rings. The van der Waals surface area contributed by atoms with Gasteiger partial charge in [0.1, 0.15) is 0 Å². The largest absolute Gasteiger partial charge is 0.504 e. The fourth-order valence-corrected chi connectivity index (χ4v) is 1.54. The molecule has 1 aromatic heterocycles. The Morgan fingerprint density at radius 1 is 1.43 bits per heavy atom. The maximum absolute atomic E-state index is 9.48. The predicted octanol–water partition coefficient (Wildman–Crippen LogP) is 2.23. The smallest absolute Gasteiger partial charge is 0.175 e. The van der Waals surface area contributed by atoms with E-state index in [2.05, 4.69) is 0 Å². The summed E-state index contributed by atoms with van der Waals surface area (Å²) in [6.07, 6.45) is 1.59. The third-order valence-electron chi connectivity index (χ3n) is 2.41. The number of phenolic OH excluding ortho intramolecular Hbond substituents is 1. The van der Waals surface area contributed by atoms with Gasteiger partial charge in [0.05, 0.1) is 6.26 Å². The Kier molecular flexibility index (Phi) is 2.17. The Labute approximate surface area is 81.6 Å². The van der Waals surface area contributed by atoms with Crippen LogP contribution in [0, 0.1) is 0 Å². The molecule has 0 radical (unpaired) electrons. The van der Waals surface area contributed by atoms with Crippen LogP contribution in [-0.4, -0.2) is 16.8 Å². The average molecular weight is 192 g/mol. The van der Waals surface area contributed by atoms with Crippen LogP contribution in [0.25, 0.3) is 11.0 Å². The number of fused-ring (bicyclic) bond motifs is 1. The summed E-state index contributed by atoms with van der Waals surface area (Å²) in [7, 11) is 0. The first-order valence-corrected chi connectivity index (χ1v) is 4.54. The molecule has 1 unspecified atom stereocenters. The highest BCUT2D eigenvalue weighted by molar-refractivity contribution is 5.86. The molecule has 74 valence electrons. The van der Waals surface area contributed by atoms with Crippen molar-refractivity contribution in [3.8, 4) is 5.75 Å². The zero-order valence-electron chi connectivity index (χ0n) is 7.90. The minimum Gasteiger partial charge on any atom is -0.504 e. The van der Waals surface area contributed by atoms with Gasteiger partial charge in [0.2, 0.25) is 0 Å². The monoisotopic (exact) mass is 192 g/mol. The summed E-state index contributed by atoms with van der Waals surface area (Å²) in [5.74, 6) is 0.164. The van der Waals surface area contributed by atoms with Gasteiger partial charge >= 0.3 is 0 Å². The molecule has 0 aliphatic heterocycles. The second kappa shape index (κ2) is 3.35. The maximum atomic E-state index is 9.48. The van der Waals surface area contributed by atoms with Crippen molar-refractivity contribution in [1.29, 1.82) is 0 Å². The highest BCUT2D eigenvalue weighted by atomic mass is 16.3. The van der Waals surface area contributed by atoms with Crippen molar-refractivity contribution in [3.63, 3.8) is 0 Å². The van der Waals surface area contributed by atoms with E-state index in [0.717, 1.165) is 10.9 Å². The van der Waals surface area contributed by atoms with E-state index in [1.54, 1.807) is 18.4 Å². The van der Waals surface area contributed by atoms with Crippen LogP contribution in [0.15, 0.2) is 28.9 Å². The number of rotatable bonds is 2. The summed E-state index contributed by atoms with van der Waals surface area (Å²) >= 11 is 0. The minimum atomic E-state index is 0.0260. The summed E-state index contributed by atoms with van der Waals surface area (Å²) in [6.45, 7) is 1.98. The molecule has 1 heterocycles. The Morgan fingerprint density at radius 2 is 2.21 bits per heavy atom. The zero-order valence-corrected chi connectivity index (χ0v) is 7.90. The van der Waals surface area contributed by atoms with E-state index in [4.69, 9.17) is 9.52 Å². The number of aliphatic hydroxyl groups excluding tert-OH is 1. The average Bonchev–Trinajstić information content (AvgIpc) is 2.62. The summed E-state index contributed by atoms with van der Waals surface area (Å²) in [5, 5.41) is 19.4. The molecule has 2 rings (SSSR count). The van der Waals surface area contributed by atoms with Crippen molar-refractivity contribution in [3.05, 3.63) is 30.0 Å². The van der Waals surface area contributed by atoms with Crippen LogP contribution in [0.3, 0.4) is 0 Å². The molecule has 1 aromatic carbocycles. The van der Waals surface area contributed by atoms with Gasteiger partial charge in [0, 0.05) is 23.5 Å². The van der Waals surface area contributed by atoms with E-state index < -0.39 is 0 Å².